The lowest BCUT2D eigenvalue weighted by Gasteiger charge is -2.22. The number of hydrogen-bond acceptors (Lipinski definition) is 2. The highest BCUT2D eigenvalue weighted by atomic mass is 35.5. The number of hydrogen-bond donors (Lipinski definition) is 2. The summed E-state index contributed by atoms with van der Waals surface area (Å²) in [5.41, 5.74) is 1.86. The van der Waals surface area contributed by atoms with Crippen molar-refractivity contribution in [2.24, 2.45) is 5.92 Å². The Morgan fingerprint density at radius 1 is 1.40 bits per heavy atom. The Balaban J connectivity index is 1.84. The van der Waals surface area contributed by atoms with E-state index in [9.17, 15) is 4.79 Å². The first-order chi connectivity index (χ1) is 9.69. The predicted molar refractivity (Wildman–Crippen MR) is 81.4 cm³/mol. The van der Waals surface area contributed by atoms with E-state index in [-0.39, 0.29) is 6.03 Å². The third-order valence-corrected chi connectivity index (χ3v) is 3.82. The Bertz CT molecular complexity index is 459. The molecule has 2 rings (SSSR count). The van der Waals surface area contributed by atoms with Crippen LogP contribution in [-0.4, -0.2) is 25.8 Å². The molecular weight excluding hydrogens is 276 g/mol. The summed E-state index contributed by atoms with van der Waals surface area (Å²) in [5.74, 6) is 0.519. The molecule has 1 aliphatic rings. The number of benzene rings is 1. The molecule has 2 N–H and O–H groups in total. The zero-order chi connectivity index (χ0) is 14.4. The largest absolute Gasteiger partial charge is 0.381 e. The Kier molecular flexibility index (Phi) is 5.68. The van der Waals surface area contributed by atoms with Crippen LogP contribution in [0.25, 0.3) is 0 Å². The Hall–Kier alpha value is -1.26. The molecule has 0 bridgehead atoms. The number of carbonyl (C=O) groups is 1. The fourth-order valence-corrected chi connectivity index (χ4v) is 2.53. The first kappa shape index (κ1) is 15.1. The molecule has 110 valence electrons. The molecule has 0 aliphatic carbocycles. The van der Waals surface area contributed by atoms with Crippen molar-refractivity contribution in [3.8, 4) is 0 Å². The van der Waals surface area contributed by atoms with Crippen molar-refractivity contribution in [3.05, 3.63) is 28.8 Å². The van der Waals surface area contributed by atoms with Gasteiger partial charge in [0.1, 0.15) is 0 Å². The number of ether oxygens (including phenoxy) is 1. The summed E-state index contributed by atoms with van der Waals surface area (Å²) in [6, 6.07) is 5.35. The lowest BCUT2D eigenvalue weighted by atomic mass is 10.0. The average molecular weight is 297 g/mol. The van der Waals surface area contributed by atoms with Gasteiger partial charge in [-0.25, -0.2) is 4.79 Å². The van der Waals surface area contributed by atoms with Gasteiger partial charge in [-0.3, -0.25) is 0 Å². The molecule has 1 aliphatic heterocycles. The Morgan fingerprint density at radius 3 is 2.85 bits per heavy atom. The number of aryl methyl sites for hydroxylation is 1. The average Bonchev–Trinajstić information content (AvgIpc) is 2.48. The van der Waals surface area contributed by atoms with Crippen LogP contribution in [0, 0.1) is 5.92 Å². The maximum atomic E-state index is 11.9. The van der Waals surface area contributed by atoms with Crippen molar-refractivity contribution in [2.75, 3.05) is 25.1 Å². The van der Waals surface area contributed by atoms with Crippen molar-refractivity contribution in [2.45, 2.75) is 26.2 Å². The molecule has 0 aromatic heterocycles. The minimum Gasteiger partial charge on any atom is -0.381 e. The fourth-order valence-electron chi connectivity index (χ4n) is 2.33. The van der Waals surface area contributed by atoms with Crippen molar-refractivity contribution in [1.29, 1.82) is 0 Å². The van der Waals surface area contributed by atoms with Crippen LogP contribution in [0.3, 0.4) is 0 Å². The standard InChI is InChI=1S/C15H21ClN2O2/c1-2-12-9-13(16)3-4-14(12)18-15(19)17-10-11-5-7-20-8-6-11/h3-4,9,11H,2,5-8,10H2,1H3,(H2,17,18,19). The van der Waals surface area contributed by atoms with Gasteiger partial charge >= 0.3 is 6.03 Å². The monoisotopic (exact) mass is 296 g/mol. The third kappa shape index (κ3) is 4.39. The first-order valence-electron chi connectivity index (χ1n) is 7.10. The highest BCUT2D eigenvalue weighted by Gasteiger charge is 2.15. The molecule has 0 atom stereocenters. The minimum atomic E-state index is -0.159. The maximum Gasteiger partial charge on any atom is 0.319 e. The molecule has 0 spiro atoms. The number of amides is 2. The van der Waals surface area contributed by atoms with Gasteiger partial charge < -0.3 is 15.4 Å². The lowest BCUT2D eigenvalue weighted by molar-refractivity contribution is 0.0671. The highest BCUT2D eigenvalue weighted by Crippen LogP contribution is 2.21. The SMILES string of the molecule is CCc1cc(Cl)ccc1NC(=O)NCC1CCOCC1. The molecule has 0 unspecified atom stereocenters. The highest BCUT2D eigenvalue weighted by molar-refractivity contribution is 6.30. The summed E-state index contributed by atoms with van der Waals surface area (Å²) in [5, 5.41) is 6.51. The Labute approximate surface area is 124 Å². The molecule has 2 amide bonds. The van der Waals surface area contributed by atoms with E-state index in [1.165, 1.54) is 0 Å². The number of carbonyl (C=O) groups excluding carboxylic acids is 1. The van der Waals surface area contributed by atoms with E-state index in [0.29, 0.717) is 17.5 Å². The van der Waals surface area contributed by atoms with Crippen molar-refractivity contribution >= 4 is 23.3 Å². The summed E-state index contributed by atoms with van der Waals surface area (Å²) in [6.45, 7) is 4.33. The molecule has 1 fully saturated rings. The summed E-state index contributed by atoms with van der Waals surface area (Å²) >= 11 is 5.95. The van der Waals surface area contributed by atoms with E-state index in [0.717, 1.165) is 43.7 Å². The smallest absolute Gasteiger partial charge is 0.319 e. The van der Waals surface area contributed by atoms with Crippen molar-refractivity contribution < 1.29 is 9.53 Å². The first-order valence-corrected chi connectivity index (χ1v) is 7.48. The van der Waals surface area contributed by atoms with Crippen molar-refractivity contribution in [1.82, 2.24) is 5.32 Å². The van der Waals surface area contributed by atoms with Gasteiger partial charge in [0.15, 0.2) is 0 Å². The summed E-state index contributed by atoms with van der Waals surface area (Å²) in [4.78, 5) is 11.9. The summed E-state index contributed by atoms with van der Waals surface area (Å²) < 4.78 is 5.30. The van der Waals surface area contributed by atoms with Gasteiger partial charge in [0.05, 0.1) is 0 Å². The molecule has 20 heavy (non-hydrogen) atoms. The fraction of sp³-hybridized carbons (Fsp3) is 0.533. The molecule has 1 saturated heterocycles. The van der Waals surface area contributed by atoms with Crippen LogP contribution in [0.1, 0.15) is 25.3 Å². The van der Waals surface area contributed by atoms with Gasteiger partial charge in [0, 0.05) is 30.5 Å². The molecule has 0 radical (unpaired) electrons. The topological polar surface area (TPSA) is 50.4 Å². The number of urea groups is 1. The van der Waals surface area contributed by atoms with E-state index in [1.54, 1.807) is 6.07 Å². The van der Waals surface area contributed by atoms with E-state index in [4.69, 9.17) is 16.3 Å². The van der Waals surface area contributed by atoms with Gasteiger partial charge in [-0.2, -0.15) is 0 Å². The Morgan fingerprint density at radius 2 is 2.15 bits per heavy atom. The number of anilines is 1. The molecule has 0 saturated carbocycles. The molecule has 1 aromatic rings. The van der Waals surface area contributed by atoms with Gasteiger partial charge in [0.25, 0.3) is 0 Å². The van der Waals surface area contributed by atoms with Crippen LogP contribution in [-0.2, 0) is 11.2 Å². The second kappa shape index (κ2) is 7.50. The van der Waals surface area contributed by atoms with E-state index < -0.39 is 0 Å². The van der Waals surface area contributed by atoms with E-state index in [1.807, 2.05) is 19.1 Å². The normalized spacial score (nSPS) is 15.9. The van der Waals surface area contributed by atoms with Crippen LogP contribution in [0.4, 0.5) is 10.5 Å². The van der Waals surface area contributed by atoms with Crippen molar-refractivity contribution in [3.63, 3.8) is 0 Å². The summed E-state index contributed by atoms with van der Waals surface area (Å²) in [7, 11) is 0. The van der Waals surface area contributed by atoms with E-state index >= 15 is 0 Å². The van der Waals surface area contributed by atoms with Gasteiger partial charge in [-0.05, 0) is 48.9 Å². The molecule has 5 heteroatoms. The number of nitrogens with one attached hydrogen (secondary N) is 2. The number of rotatable bonds is 4. The van der Waals surface area contributed by atoms with Gasteiger partial charge in [-0.1, -0.05) is 18.5 Å². The van der Waals surface area contributed by atoms with Crippen LogP contribution in [0.5, 0.6) is 0 Å². The predicted octanol–water partition coefficient (Wildman–Crippen LogP) is 3.45. The molecule has 1 heterocycles. The maximum absolute atomic E-state index is 11.9. The van der Waals surface area contributed by atoms with Gasteiger partial charge in [-0.15, -0.1) is 0 Å². The zero-order valence-electron chi connectivity index (χ0n) is 11.7. The molecular formula is C15H21ClN2O2. The summed E-state index contributed by atoms with van der Waals surface area (Å²) in [6.07, 6.45) is 2.86. The second-order valence-electron chi connectivity index (χ2n) is 5.05. The van der Waals surface area contributed by atoms with Gasteiger partial charge in [0.2, 0.25) is 0 Å². The third-order valence-electron chi connectivity index (χ3n) is 3.59. The van der Waals surface area contributed by atoms with E-state index in [2.05, 4.69) is 10.6 Å². The quantitative estimate of drug-likeness (QED) is 0.894. The van der Waals surface area contributed by atoms with Crippen LogP contribution < -0.4 is 10.6 Å². The second-order valence-corrected chi connectivity index (χ2v) is 5.48. The molecule has 4 nitrogen and oxygen atoms in total. The number of halogens is 1. The molecule has 1 aromatic carbocycles. The minimum absolute atomic E-state index is 0.159. The van der Waals surface area contributed by atoms with Crippen LogP contribution in [0.15, 0.2) is 18.2 Å². The van der Waals surface area contributed by atoms with Crippen LogP contribution in [0.2, 0.25) is 5.02 Å². The van der Waals surface area contributed by atoms with Crippen LogP contribution >= 0.6 is 11.6 Å². The lowest BCUT2D eigenvalue weighted by Crippen LogP contribution is -2.35. The zero-order valence-corrected chi connectivity index (χ0v) is 12.5.